The van der Waals surface area contributed by atoms with Crippen molar-refractivity contribution in [2.75, 3.05) is 6.54 Å². The number of hydrogen-bond donors (Lipinski definition) is 1. The zero-order valence-corrected chi connectivity index (χ0v) is 10.2. The van der Waals surface area contributed by atoms with E-state index >= 15 is 0 Å². The van der Waals surface area contributed by atoms with Crippen LogP contribution in [0.3, 0.4) is 0 Å². The second-order valence-corrected chi connectivity index (χ2v) is 3.97. The van der Waals surface area contributed by atoms with E-state index in [0.717, 1.165) is 0 Å². The number of nitrogens with one attached hydrogen (secondary N) is 1. The lowest BCUT2D eigenvalue weighted by atomic mass is 10.1. The first kappa shape index (κ1) is 16.1. The van der Waals surface area contributed by atoms with Crippen LogP contribution in [-0.2, 0) is 25.7 Å². The van der Waals surface area contributed by atoms with Gasteiger partial charge in [-0.15, -0.1) is 12.4 Å². The van der Waals surface area contributed by atoms with Crippen LogP contribution in [0.5, 0.6) is 0 Å². The van der Waals surface area contributed by atoms with Crippen molar-refractivity contribution in [3.05, 3.63) is 17.0 Å². The minimum Gasteiger partial charge on any atom is -0.312 e. The van der Waals surface area contributed by atoms with Crippen molar-refractivity contribution in [1.29, 1.82) is 0 Å². The van der Waals surface area contributed by atoms with Crippen molar-refractivity contribution in [3.63, 3.8) is 0 Å². The topological polar surface area (TPSA) is 29.9 Å². The van der Waals surface area contributed by atoms with Gasteiger partial charge in [0.15, 0.2) is 5.69 Å². The maximum atomic E-state index is 12.6. The van der Waals surface area contributed by atoms with Gasteiger partial charge in [0, 0.05) is 30.8 Å². The van der Waals surface area contributed by atoms with Crippen LogP contribution in [0.25, 0.3) is 0 Å². The smallest absolute Gasteiger partial charge is 0.312 e. The Hall–Kier alpha value is -0.960. The maximum absolute atomic E-state index is 12.6. The molecule has 2 heterocycles. The molecular weight excluding hydrogens is 300 g/mol. The first-order valence-corrected chi connectivity index (χ1v) is 5.12. The number of aromatic nitrogens is 2. The first-order valence-electron chi connectivity index (χ1n) is 5.12. The standard InChI is InChI=1S/C9H9F6N3.ClH/c10-8(11,12)4-18-6-1-2-16-3-5(6)7(17-18)9(13,14)15;/h16H,1-4H2;1H. The van der Waals surface area contributed by atoms with Gasteiger partial charge < -0.3 is 5.32 Å². The lowest BCUT2D eigenvalue weighted by molar-refractivity contribution is -0.149. The minimum atomic E-state index is -4.74. The van der Waals surface area contributed by atoms with E-state index in [4.69, 9.17) is 0 Å². The van der Waals surface area contributed by atoms with Crippen LogP contribution in [0.4, 0.5) is 26.3 Å². The molecule has 1 aliphatic rings. The van der Waals surface area contributed by atoms with Crippen LogP contribution < -0.4 is 5.32 Å². The summed E-state index contributed by atoms with van der Waals surface area (Å²) in [5.41, 5.74) is -1.40. The molecule has 1 aromatic rings. The Morgan fingerprint density at radius 2 is 1.79 bits per heavy atom. The van der Waals surface area contributed by atoms with Gasteiger partial charge in [-0.25, -0.2) is 0 Å². The fourth-order valence-electron chi connectivity index (χ4n) is 1.95. The highest BCUT2D eigenvalue weighted by Gasteiger charge is 2.41. The largest absolute Gasteiger partial charge is 0.435 e. The van der Waals surface area contributed by atoms with E-state index in [0.29, 0.717) is 11.2 Å². The van der Waals surface area contributed by atoms with Gasteiger partial charge in [-0.05, 0) is 0 Å². The van der Waals surface area contributed by atoms with E-state index in [1.54, 1.807) is 0 Å². The molecule has 0 unspecified atom stereocenters. The van der Waals surface area contributed by atoms with Crippen LogP contribution >= 0.6 is 12.4 Å². The molecule has 110 valence electrons. The first-order chi connectivity index (χ1) is 8.18. The molecule has 0 aromatic carbocycles. The van der Waals surface area contributed by atoms with Gasteiger partial charge in [-0.1, -0.05) is 0 Å². The Bertz CT molecular complexity index is 450. The third-order valence-electron chi connectivity index (χ3n) is 2.60. The summed E-state index contributed by atoms with van der Waals surface area (Å²) in [6, 6.07) is 0. The van der Waals surface area contributed by atoms with Crippen molar-refractivity contribution < 1.29 is 26.3 Å². The van der Waals surface area contributed by atoms with Crippen LogP contribution in [0.15, 0.2) is 0 Å². The molecule has 0 saturated carbocycles. The molecule has 2 rings (SSSR count). The number of fused-ring (bicyclic) bond motifs is 1. The van der Waals surface area contributed by atoms with E-state index in [1.165, 1.54) is 0 Å². The molecule has 1 aromatic heterocycles. The normalized spacial score (nSPS) is 15.9. The van der Waals surface area contributed by atoms with Crippen molar-refractivity contribution >= 4 is 12.4 Å². The van der Waals surface area contributed by atoms with E-state index in [-0.39, 0.29) is 36.6 Å². The van der Waals surface area contributed by atoms with E-state index in [9.17, 15) is 26.3 Å². The number of alkyl halides is 6. The molecule has 1 N–H and O–H groups in total. The Morgan fingerprint density at radius 1 is 1.16 bits per heavy atom. The molecule has 19 heavy (non-hydrogen) atoms. The summed E-state index contributed by atoms with van der Waals surface area (Å²) in [6.45, 7) is -1.26. The van der Waals surface area contributed by atoms with Gasteiger partial charge in [0.1, 0.15) is 6.54 Å². The van der Waals surface area contributed by atoms with Gasteiger partial charge >= 0.3 is 12.4 Å². The Balaban J connectivity index is 0.00000180. The minimum absolute atomic E-state index is 0. The predicted octanol–water partition coefficient (Wildman–Crippen LogP) is 2.53. The number of rotatable bonds is 1. The van der Waals surface area contributed by atoms with Gasteiger partial charge in [0.2, 0.25) is 0 Å². The quantitative estimate of drug-likeness (QED) is 0.808. The van der Waals surface area contributed by atoms with Gasteiger partial charge in [0.05, 0.1) is 0 Å². The summed E-state index contributed by atoms with van der Waals surface area (Å²) in [5.74, 6) is 0. The van der Waals surface area contributed by atoms with Crippen LogP contribution in [0, 0.1) is 0 Å². The molecule has 3 nitrogen and oxygen atoms in total. The molecule has 0 atom stereocenters. The number of hydrogen-bond acceptors (Lipinski definition) is 2. The van der Waals surface area contributed by atoms with Crippen molar-refractivity contribution in [2.45, 2.75) is 31.9 Å². The molecule has 10 heteroatoms. The zero-order valence-electron chi connectivity index (χ0n) is 9.40. The summed E-state index contributed by atoms with van der Waals surface area (Å²) in [4.78, 5) is 0. The van der Waals surface area contributed by atoms with Crippen molar-refractivity contribution in [2.24, 2.45) is 0 Å². The Labute approximate surface area is 110 Å². The molecule has 0 spiro atoms. The maximum Gasteiger partial charge on any atom is 0.435 e. The summed E-state index contributed by atoms with van der Waals surface area (Å²) in [6.07, 6.45) is -9.22. The number of halogens is 7. The lowest BCUT2D eigenvalue weighted by Gasteiger charge is -2.16. The second-order valence-electron chi connectivity index (χ2n) is 3.97. The van der Waals surface area contributed by atoms with Crippen molar-refractivity contribution in [1.82, 2.24) is 15.1 Å². The van der Waals surface area contributed by atoms with Crippen LogP contribution in [-0.4, -0.2) is 22.5 Å². The van der Waals surface area contributed by atoms with Crippen LogP contribution in [0.2, 0.25) is 0 Å². The van der Waals surface area contributed by atoms with Crippen LogP contribution in [0.1, 0.15) is 17.0 Å². The van der Waals surface area contributed by atoms with E-state index < -0.39 is 24.6 Å². The highest BCUT2D eigenvalue weighted by molar-refractivity contribution is 5.85. The van der Waals surface area contributed by atoms with Gasteiger partial charge in [-0.3, -0.25) is 4.68 Å². The fourth-order valence-corrected chi connectivity index (χ4v) is 1.95. The molecular formula is C9H10ClF6N3. The Kier molecular flexibility index (Phi) is 4.40. The average molecular weight is 310 g/mol. The monoisotopic (exact) mass is 309 g/mol. The molecule has 0 fully saturated rings. The molecule has 0 saturated heterocycles. The highest BCUT2D eigenvalue weighted by atomic mass is 35.5. The van der Waals surface area contributed by atoms with Crippen molar-refractivity contribution in [3.8, 4) is 0 Å². The summed E-state index contributed by atoms with van der Waals surface area (Å²) >= 11 is 0. The van der Waals surface area contributed by atoms with E-state index in [2.05, 4.69) is 10.4 Å². The number of nitrogens with zero attached hydrogens (tertiary/aromatic N) is 2. The third-order valence-corrected chi connectivity index (χ3v) is 2.60. The van der Waals surface area contributed by atoms with Gasteiger partial charge in [0.25, 0.3) is 0 Å². The molecule has 0 radical (unpaired) electrons. The summed E-state index contributed by atoms with van der Waals surface area (Å²) in [5, 5.41) is 5.78. The molecule has 0 amide bonds. The molecule has 0 bridgehead atoms. The van der Waals surface area contributed by atoms with E-state index in [1.807, 2.05) is 0 Å². The fraction of sp³-hybridized carbons (Fsp3) is 0.667. The second kappa shape index (κ2) is 5.20. The SMILES string of the molecule is Cl.FC(F)(F)Cn1nc(C(F)(F)F)c2c1CCNC2. The molecule has 0 aliphatic carbocycles. The lowest BCUT2D eigenvalue weighted by Crippen LogP contribution is -2.27. The summed E-state index contributed by atoms with van der Waals surface area (Å²) in [7, 11) is 0. The third kappa shape index (κ3) is 3.53. The average Bonchev–Trinajstić information content (AvgIpc) is 2.55. The zero-order chi connectivity index (χ0) is 13.6. The predicted molar refractivity (Wildman–Crippen MR) is 55.9 cm³/mol. The van der Waals surface area contributed by atoms with Gasteiger partial charge in [-0.2, -0.15) is 31.4 Å². The molecule has 1 aliphatic heterocycles. The Morgan fingerprint density at radius 3 is 2.32 bits per heavy atom. The summed E-state index contributed by atoms with van der Waals surface area (Å²) < 4.78 is 75.1. The highest BCUT2D eigenvalue weighted by Crippen LogP contribution is 2.34.